The Labute approximate surface area is 119 Å². The third-order valence-electron chi connectivity index (χ3n) is 4.74. The first kappa shape index (κ1) is 11.9. The lowest BCUT2D eigenvalue weighted by Gasteiger charge is -2.04. The number of benzene rings is 2. The van der Waals surface area contributed by atoms with Crippen LogP contribution in [-0.2, 0) is 12.8 Å². The standard InChI is InChI=1S/C19H18O/c20-19(16-10-9-13-7-4-8-15(13)11-16)18-12-17(18)14-5-2-1-3-6-14/h1-3,5-6,9-11,17-18H,4,7-8,12H2. The summed E-state index contributed by atoms with van der Waals surface area (Å²) in [6, 6.07) is 16.8. The molecule has 2 aliphatic carbocycles. The summed E-state index contributed by atoms with van der Waals surface area (Å²) in [5, 5.41) is 0. The van der Waals surface area contributed by atoms with E-state index in [2.05, 4.69) is 36.4 Å². The molecular weight excluding hydrogens is 244 g/mol. The second-order valence-electron chi connectivity index (χ2n) is 6.06. The molecule has 0 aromatic heterocycles. The molecule has 1 nitrogen and oxygen atoms in total. The van der Waals surface area contributed by atoms with Gasteiger partial charge < -0.3 is 0 Å². The smallest absolute Gasteiger partial charge is 0.166 e. The van der Waals surface area contributed by atoms with Crippen molar-refractivity contribution in [3.8, 4) is 0 Å². The van der Waals surface area contributed by atoms with Crippen molar-refractivity contribution in [3.63, 3.8) is 0 Å². The van der Waals surface area contributed by atoms with Gasteiger partial charge in [-0.25, -0.2) is 0 Å². The fourth-order valence-corrected chi connectivity index (χ4v) is 3.49. The zero-order valence-corrected chi connectivity index (χ0v) is 11.5. The van der Waals surface area contributed by atoms with Crippen LogP contribution in [0.5, 0.6) is 0 Å². The zero-order valence-electron chi connectivity index (χ0n) is 11.5. The minimum Gasteiger partial charge on any atom is -0.294 e. The van der Waals surface area contributed by atoms with Gasteiger partial charge in [0.15, 0.2) is 5.78 Å². The SMILES string of the molecule is O=C(c1ccc2c(c1)CCC2)C1CC1c1ccccc1. The average Bonchev–Trinajstić information content (AvgIpc) is 3.17. The highest BCUT2D eigenvalue weighted by Gasteiger charge is 2.43. The molecule has 4 rings (SSSR count). The number of carbonyl (C=O) groups is 1. The van der Waals surface area contributed by atoms with Crippen LogP contribution in [0, 0.1) is 5.92 Å². The molecule has 0 saturated heterocycles. The fraction of sp³-hybridized carbons (Fsp3) is 0.316. The maximum atomic E-state index is 12.6. The molecular formula is C19H18O. The van der Waals surface area contributed by atoms with E-state index < -0.39 is 0 Å². The predicted molar refractivity (Wildman–Crippen MR) is 80.1 cm³/mol. The largest absolute Gasteiger partial charge is 0.294 e. The highest BCUT2D eigenvalue weighted by Crippen LogP contribution is 2.49. The minimum atomic E-state index is 0.205. The Morgan fingerprint density at radius 2 is 1.75 bits per heavy atom. The van der Waals surface area contributed by atoms with Crippen LogP contribution in [0.3, 0.4) is 0 Å². The van der Waals surface area contributed by atoms with Crippen LogP contribution in [0.25, 0.3) is 0 Å². The topological polar surface area (TPSA) is 17.1 Å². The maximum absolute atomic E-state index is 12.6. The fourth-order valence-electron chi connectivity index (χ4n) is 3.49. The van der Waals surface area contributed by atoms with Gasteiger partial charge in [-0.05, 0) is 54.4 Å². The van der Waals surface area contributed by atoms with Gasteiger partial charge in [-0.1, -0.05) is 42.5 Å². The Balaban J connectivity index is 1.55. The van der Waals surface area contributed by atoms with Crippen molar-refractivity contribution >= 4 is 5.78 Å². The lowest BCUT2D eigenvalue weighted by atomic mass is 9.99. The molecule has 20 heavy (non-hydrogen) atoms. The molecule has 1 heteroatoms. The van der Waals surface area contributed by atoms with E-state index in [-0.39, 0.29) is 5.92 Å². The molecule has 0 bridgehead atoms. The summed E-state index contributed by atoms with van der Waals surface area (Å²) < 4.78 is 0. The van der Waals surface area contributed by atoms with Gasteiger partial charge in [-0.15, -0.1) is 0 Å². The van der Waals surface area contributed by atoms with Gasteiger partial charge in [-0.3, -0.25) is 4.79 Å². The number of ketones is 1. The van der Waals surface area contributed by atoms with Gasteiger partial charge >= 0.3 is 0 Å². The van der Waals surface area contributed by atoms with Crippen molar-refractivity contribution in [2.75, 3.05) is 0 Å². The highest BCUT2D eigenvalue weighted by molar-refractivity contribution is 6.00. The van der Waals surface area contributed by atoms with Gasteiger partial charge in [0.2, 0.25) is 0 Å². The molecule has 2 atom stereocenters. The van der Waals surface area contributed by atoms with E-state index in [1.165, 1.54) is 29.5 Å². The molecule has 0 aliphatic heterocycles. The monoisotopic (exact) mass is 262 g/mol. The Hall–Kier alpha value is -1.89. The molecule has 2 aromatic carbocycles. The molecule has 2 unspecified atom stereocenters. The zero-order chi connectivity index (χ0) is 13.5. The van der Waals surface area contributed by atoms with E-state index in [9.17, 15) is 4.79 Å². The second-order valence-corrected chi connectivity index (χ2v) is 6.06. The van der Waals surface area contributed by atoms with Crippen molar-refractivity contribution in [1.29, 1.82) is 0 Å². The van der Waals surface area contributed by atoms with Crippen LogP contribution in [0.15, 0.2) is 48.5 Å². The maximum Gasteiger partial charge on any atom is 0.166 e. The van der Waals surface area contributed by atoms with Crippen molar-refractivity contribution in [3.05, 3.63) is 70.8 Å². The molecule has 0 heterocycles. The molecule has 100 valence electrons. The lowest BCUT2D eigenvalue weighted by Crippen LogP contribution is -2.04. The third-order valence-corrected chi connectivity index (χ3v) is 4.74. The van der Waals surface area contributed by atoms with Gasteiger partial charge in [0.25, 0.3) is 0 Å². The van der Waals surface area contributed by atoms with Crippen molar-refractivity contribution in [1.82, 2.24) is 0 Å². The van der Waals surface area contributed by atoms with Gasteiger partial charge in [0, 0.05) is 11.5 Å². The normalized spacial score (nSPS) is 23.4. The quantitative estimate of drug-likeness (QED) is 0.759. The van der Waals surface area contributed by atoms with E-state index >= 15 is 0 Å². The van der Waals surface area contributed by atoms with Crippen LogP contribution in [0.1, 0.15) is 45.8 Å². The first-order valence-corrected chi connectivity index (χ1v) is 7.54. The van der Waals surface area contributed by atoms with Gasteiger partial charge in [-0.2, -0.15) is 0 Å². The molecule has 0 N–H and O–H groups in total. The Bertz CT molecular complexity index is 657. The molecule has 1 saturated carbocycles. The molecule has 2 aromatic rings. The summed E-state index contributed by atoms with van der Waals surface area (Å²) in [5.41, 5.74) is 5.07. The van der Waals surface area contributed by atoms with E-state index in [0.717, 1.165) is 18.4 Å². The molecule has 2 aliphatic rings. The summed E-state index contributed by atoms with van der Waals surface area (Å²) in [6.45, 7) is 0. The van der Waals surface area contributed by atoms with Crippen molar-refractivity contribution in [2.45, 2.75) is 31.6 Å². The molecule has 0 spiro atoms. The highest BCUT2D eigenvalue weighted by atomic mass is 16.1. The Morgan fingerprint density at radius 1 is 0.950 bits per heavy atom. The van der Waals surface area contributed by atoms with Crippen molar-refractivity contribution < 1.29 is 4.79 Å². The Kier molecular flexibility index (Phi) is 2.73. The van der Waals surface area contributed by atoms with Gasteiger partial charge in [0.1, 0.15) is 0 Å². The number of hydrogen-bond donors (Lipinski definition) is 0. The molecule has 0 amide bonds. The first-order chi connectivity index (χ1) is 9.83. The van der Waals surface area contributed by atoms with E-state index in [1.54, 1.807) is 0 Å². The molecule has 1 fully saturated rings. The van der Waals surface area contributed by atoms with Crippen LogP contribution >= 0.6 is 0 Å². The van der Waals surface area contributed by atoms with E-state index in [4.69, 9.17) is 0 Å². The number of fused-ring (bicyclic) bond motifs is 1. The number of carbonyl (C=O) groups excluding carboxylic acids is 1. The summed E-state index contributed by atoms with van der Waals surface area (Å²) >= 11 is 0. The van der Waals surface area contributed by atoms with Crippen LogP contribution < -0.4 is 0 Å². The summed E-state index contributed by atoms with van der Waals surface area (Å²) in [6.07, 6.45) is 4.58. The summed E-state index contributed by atoms with van der Waals surface area (Å²) in [7, 11) is 0. The number of rotatable bonds is 3. The average molecular weight is 262 g/mol. The molecule has 0 radical (unpaired) electrons. The number of aryl methyl sites for hydroxylation is 2. The lowest BCUT2D eigenvalue weighted by molar-refractivity contribution is 0.0965. The predicted octanol–water partition coefficient (Wildman–Crippen LogP) is 4.16. The minimum absolute atomic E-state index is 0.205. The third kappa shape index (κ3) is 1.98. The van der Waals surface area contributed by atoms with Crippen LogP contribution in [0.2, 0.25) is 0 Å². The number of hydrogen-bond acceptors (Lipinski definition) is 1. The van der Waals surface area contributed by atoms with E-state index in [0.29, 0.717) is 11.7 Å². The van der Waals surface area contributed by atoms with E-state index in [1.807, 2.05) is 12.1 Å². The summed E-state index contributed by atoms with van der Waals surface area (Å²) in [5.74, 6) is 0.988. The first-order valence-electron chi connectivity index (χ1n) is 7.54. The Morgan fingerprint density at radius 3 is 2.60 bits per heavy atom. The second kappa shape index (κ2) is 4.59. The van der Waals surface area contributed by atoms with Gasteiger partial charge in [0.05, 0.1) is 0 Å². The number of Topliss-reactive ketones (excluding diaryl/α,β-unsaturated/α-hetero) is 1. The van der Waals surface area contributed by atoms with Crippen molar-refractivity contribution in [2.24, 2.45) is 5.92 Å². The van der Waals surface area contributed by atoms with Crippen LogP contribution in [-0.4, -0.2) is 5.78 Å². The van der Waals surface area contributed by atoms with Crippen LogP contribution in [0.4, 0.5) is 0 Å². The summed E-state index contributed by atoms with van der Waals surface area (Å²) in [4.78, 5) is 12.6.